The number of anilines is 1. The van der Waals surface area contributed by atoms with Gasteiger partial charge < -0.3 is 14.6 Å². The first kappa shape index (κ1) is 21.9. The second-order valence-corrected chi connectivity index (χ2v) is 6.30. The van der Waals surface area contributed by atoms with E-state index in [1.165, 1.54) is 24.3 Å². The molecule has 0 radical (unpaired) electrons. The molecule has 162 valence electrons. The SMILES string of the molecule is O=C(COC(=O)CCc1nc(-c2ccc(F)cc2)no1)Nc1ccc(C(F)(F)F)cc1. The number of aryl methyl sites for hydroxylation is 1. The summed E-state index contributed by atoms with van der Waals surface area (Å²) in [6, 6.07) is 9.30. The van der Waals surface area contributed by atoms with Gasteiger partial charge in [-0.15, -0.1) is 0 Å². The lowest BCUT2D eigenvalue weighted by Gasteiger charge is -2.09. The number of carbonyl (C=O) groups excluding carboxylic acids is 2. The van der Waals surface area contributed by atoms with Crippen LogP contribution in [0.15, 0.2) is 53.1 Å². The highest BCUT2D eigenvalue weighted by Crippen LogP contribution is 2.29. The minimum atomic E-state index is -4.48. The van der Waals surface area contributed by atoms with Crippen molar-refractivity contribution in [3.05, 3.63) is 65.8 Å². The van der Waals surface area contributed by atoms with E-state index in [0.29, 0.717) is 5.56 Å². The summed E-state index contributed by atoms with van der Waals surface area (Å²) in [6.45, 7) is -0.607. The molecule has 1 heterocycles. The maximum Gasteiger partial charge on any atom is 0.416 e. The van der Waals surface area contributed by atoms with Crippen molar-refractivity contribution >= 4 is 17.6 Å². The summed E-state index contributed by atoms with van der Waals surface area (Å²) < 4.78 is 60.3. The molecule has 0 aliphatic carbocycles. The van der Waals surface area contributed by atoms with Crippen LogP contribution in [0.1, 0.15) is 17.9 Å². The zero-order valence-corrected chi connectivity index (χ0v) is 15.8. The molecule has 3 aromatic rings. The van der Waals surface area contributed by atoms with Gasteiger partial charge in [0.15, 0.2) is 6.61 Å². The lowest BCUT2D eigenvalue weighted by Crippen LogP contribution is -2.21. The molecule has 1 aromatic heterocycles. The van der Waals surface area contributed by atoms with E-state index in [1.54, 1.807) is 0 Å². The predicted molar refractivity (Wildman–Crippen MR) is 99.0 cm³/mol. The molecule has 0 atom stereocenters. The predicted octanol–water partition coefficient (Wildman–Crippen LogP) is 4.01. The lowest BCUT2D eigenvalue weighted by molar-refractivity contribution is -0.147. The highest BCUT2D eigenvalue weighted by molar-refractivity contribution is 5.92. The van der Waals surface area contributed by atoms with Crippen molar-refractivity contribution in [1.82, 2.24) is 10.1 Å². The van der Waals surface area contributed by atoms with Crippen LogP contribution in [0.2, 0.25) is 0 Å². The Kier molecular flexibility index (Phi) is 6.63. The van der Waals surface area contributed by atoms with Crippen molar-refractivity contribution in [1.29, 1.82) is 0 Å². The lowest BCUT2D eigenvalue weighted by atomic mass is 10.2. The molecule has 0 saturated carbocycles. The number of amides is 1. The Bertz CT molecular complexity index is 1050. The number of esters is 1. The third-order valence-electron chi connectivity index (χ3n) is 3.97. The topological polar surface area (TPSA) is 94.3 Å². The van der Waals surface area contributed by atoms with Crippen LogP contribution < -0.4 is 5.32 Å². The second kappa shape index (κ2) is 9.37. The number of ether oxygens (including phenoxy) is 1. The maximum absolute atomic E-state index is 12.9. The summed E-state index contributed by atoms with van der Waals surface area (Å²) >= 11 is 0. The molecule has 0 bridgehead atoms. The molecule has 31 heavy (non-hydrogen) atoms. The summed E-state index contributed by atoms with van der Waals surface area (Å²) in [6.07, 6.45) is -4.55. The summed E-state index contributed by atoms with van der Waals surface area (Å²) in [5, 5.41) is 6.07. The van der Waals surface area contributed by atoms with Crippen molar-refractivity contribution in [2.45, 2.75) is 19.0 Å². The van der Waals surface area contributed by atoms with Crippen LogP contribution in [0.5, 0.6) is 0 Å². The van der Waals surface area contributed by atoms with Crippen molar-refractivity contribution in [3.63, 3.8) is 0 Å². The molecule has 11 heteroatoms. The Balaban J connectivity index is 1.42. The third kappa shape index (κ3) is 6.36. The minimum absolute atomic E-state index is 0.0630. The molecule has 0 saturated heterocycles. The van der Waals surface area contributed by atoms with Crippen LogP contribution in [0.3, 0.4) is 0 Å². The normalized spacial score (nSPS) is 11.2. The first-order chi connectivity index (χ1) is 14.7. The molecule has 0 aliphatic rings. The van der Waals surface area contributed by atoms with Crippen LogP contribution >= 0.6 is 0 Å². The summed E-state index contributed by atoms with van der Waals surface area (Å²) in [5.74, 6) is -1.42. The van der Waals surface area contributed by atoms with Crippen molar-refractivity contribution in [2.24, 2.45) is 0 Å². The van der Waals surface area contributed by atoms with Gasteiger partial charge in [0.1, 0.15) is 5.82 Å². The molecular formula is C20H15F4N3O4. The maximum atomic E-state index is 12.9. The van der Waals surface area contributed by atoms with E-state index in [9.17, 15) is 27.2 Å². The van der Waals surface area contributed by atoms with Crippen LogP contribution in [-0.4, -0.2) is 28.6 Å². The summed E-state index contributed by atoms with van der Waals surface area (Å²) in [4.78, 5) is 27.7. The first-order valence-corrected chi connectivity index (χ1v) is 8.92. The highest BCUT2D eigenvalue weighted by atomic mass is 19.4. The zero-order chi connectivity index (χ0) is 22.4. The van der Waals surface area contributed by atoms with Crippen molar-refractivity contribution in [3.8, 4) is 11.4 Å². The number of benzene rings is 2. The van der Waals surface area contributed by atoms with Gasteiger partial charge in [-0.25, -0.2) is 4.39 Å². The van der Waals surface area contributed by atoms with E-state index in [1.807, 2.05) is 0 Å². The third-order valence-corrected chi connectivity index (χ3v) is 3.97. The molecule has 1 amide bonds. The van der Waals surface area contributed by atoms with E-state index in [4.69, 9.17) is 9.26 Å². The van der Waals surface area contributed by atoms with Gasteiger partial charge in [0.2, 0.25) is 11.7 Å². The summed E-state index contributed by atoms with van der Waals surface area (Å²) in [7, 11) is 0. The first-order valence-electron chi connectivity index (χ1n) is 8.92. The van der Waals surface area contributed by atoms with Crippen molar-refractivity contribution in [2.75, 3.05) is 11.9 Å². The Morgan fingerprint density at radius 2 is 1.71 bits per heavy atom. The van der Waals surface area contributed by atoms with E-state index >= 15 is 0 Å². The molecule has 7 nitrogen and oxygen atoms in total. The zero-order valence-electron chi connectivity index (χ0n) is 15.8. The number of halogens is 4. The van der Waals surface area contributed by atoms with Gasteiger partial charge in [0.05, 0.1) is 12.0 Å². The smallest absolute Gasteiger partial charge is 0.416 e. The molecule has 0 aliphatic heterocycles. The highest BCUT2D eigenvalue weighted by Gasteiger charge is 2.30. The molecular weight excluding hydrogens is 422 g/mol. The average Bonchev–Trinajstić information content (AvgIpc) is 3.20. The quantitative estimate of drug-likeness (QED) is 0.444. The molecule has 0 spiro atoms. The number of nitrogens with one attached hydrogen (secondary N) is 1. The average molecular weight is 437 g/mol. The number of aromatic nitrogens is 2. The van der Waals surface area contributed by atoms with Gasteiger partial charge in [-0.1, -0.05) is 5.16 Å². The minimum Gasteiger partial charge on any atom is -0.456 e. The standard InChI is InChI=1S/C20H15F4N3O4/c21-14-5-1-12(2-6-14)19-26-17(31-27-19)9-10-18(29)30-11-16(28)25-15-7-3-13(4-8-15)20(22,23)24/h1-8H,9-11H2,(H,25,28). The number of nitrogens with zero attached hydrogens (tertiary/aromatic N) is 2. The number of hydrogen-bond donors (Lipinski definition) is 1. The number of alkyl halides is 3. The fourth-order valence-corrected chi connectivity index (χ4v) is 2.44. The Hall–Kier alpha value is -3.76. The monoisotopic (exact) mass is 437 g/mol. The van der Waals surface area contributed by atoms with Crippen LogP contribution in [-0.2, 0) is 26.9 Å². The van der Waals surface area contributed by atoms with Gasteiger partial charge in [-0.3, -0.25) is 9.59 Å². The van der Waals surface area contributed by atoms with Gasteiger partial charge in [-0.05, 0) is 48.5 Å². The second-order valence-electron chi connectivity index (χ2n) is 6.30. The molecule has 2 aromatic carbocycles. The van der Waals surface area contributed by atoms with Gasteiger partial charge in [0, 0.05) is 17.7 Å². The Labute approximate surface area is 173 Å². The largest absolute Gasteiger partial charge is 0.456 e. The Morgan fingerprint density at radius 1 is 1.03 bits per heavy atom. The molecule has 1 N–H and O–H groups in total. The molecule has 3 rings (SSSR count). The summed E-state index contributed by atoms with van der Waals surface area (Å²) in [5.41, 5.74) is -0.173. The van der Waals surface area contributed by atoms with Crippen molar-refractivity contribution < 1.29 is 36.4 Å². The number of hydrogen-bond acceptors (Lipinski definition) is 6. The van der Waals surface area contributed by atoms with E-state index in [2.05, 4.69) is 15.5 Å². The number of rotatable bonds is 7. The van der Waals surface area contributed by atoms with Gasteiger partial charge in [0.25, 0.3) is 5.91 Å². The van der Waals surface area contributed by atoms with Gasteiger partial charge >= 0.3 is 12.1 Å². The van der Waals surface area contributed by atoms with E-state index in [-0.39, 0.29) is 30.2 Å². The molecule has 0 unspecified atom stereocenters. The van der Waals surface area contributed by atoms with Crippen LogP contribution in [0.25, 0.3) is 11.4 Å². The van der Waals surface area contributed by atoms with Crippen LogP contribution in [0, 0.1) is 5.82 Å². The van der Waals surface area contributed by atoms with Crippen LogP contribution in [0.4, 0.5) is 23.2 Å². The fraction of sp³-hybridized carbons (Fsp3) is 0.200. The van der Waals surface area contributed by atoms with E-state index in [0.717, 1.165) is 24.3 Å². The Morgan fingerprint density at radius 3 is 2.35 bits per heavy atom. The van der Waals surface area contributed by atoms with E-state index < -0.39 is 36.0 Å². The molecule has 0 fully saturated rings. The fourth-order valence-electron chi connectivity index (χ4n) is 2.44. The number of carbonyl (C=O) groups is 2. The van der Waals surface area contributed by atoms with Gasteiger partial charge in [-0.2, -0.15) is 18.2 Å².